The van der Waals surface area contributed by atoms with Crippen molar-refractivity contribution in [1.29, 1.82) is 0 Å². The van der Waals surface area contributed by atoms with Crippen molar-refractivity contribution in [2.75, 3.05) is 6.54 Å². The lowest BCUT2D eigenvalue weighted by molar-refractivity contribution is 0.238. The third-order valence-corrected chi connectivity index (χ3v) is 5.00. The maximum Gasteiger partial charge on any atom is 0.255 e. The number of hydrogen-bond acceptors (Lipinski definition) is 4. The first-order valence-electron chi connectivity index (χ1n) is 9.09. The Morgan fingerprint density at radius 2 is 1.93 bits per heavy atom. The summed E-state index contributed by atoms with van der Waals surface area (Å²) < 4.78 is 1.88. The Kier molecular flexibility index (Phi) is 3.83. The average Bonchev–Trinajstić information content (AvgIpc) is 3.11. The molecular formula is C21H19N5O. The van der Waals surface area contributed by atoms with Crippen LogP contribution in [0.3, 0.4) is 0 Å². The van der Waals surface area contributed by atoms with E-state index in [2.05, 4.69) is 21.0 Å². The van der Waals surface area contributed by atoms with Crippen LogP contribution in [0.2, 0.25) is 0 Å². The molecule has 6 heteroatoms. The summed E-state index contributed by atoms with van der Waals surface area (Å²) in [6.45, 7) is 2.19. The number of H-pyrrole nitrogens is 1. The predicted octanol–water partition coefficient (Wildman–Crippen LogP) is 2.64. The standard InChI is InChI=1S/C21H19N5O/c27-21-18-14-25(13-16-12-17-8-4-5-10-26(17)24-16)11-9-19(18)22-20(23-21)15-6-2-1-3-7-15/h1-8,10,12H,9,11,13-14H2,(H,22,23,27). The van der Waals surface area contributed by atoms with Crippen LogP contribution in [0.5, 0.6) is 0 Å². The minimum atomic E-state index is -0.0430. The van der Waals surface area contributed by atoms with Crippen molar-refractivity contribution in [1.82, 2.24) is 24.5 Å². The molecule has 4 aromatic rings. The number of fused-ring (bicyclic) bond motifs is 2. The fourth-order valence-electron chi connectivity index (χ4n) is 3.65. The fourth-order valence-corrected chi connectivity index (χ4v) is 3.65. The number of aromatic amines is 1. The van der Waals surface area contributed by atoms with Crippen molar-refractivity contribution >= 4 is 5.52 Å². The van der Waals surface area contributed by atoms with Crippen LogP contribution in [0.1, 0.15) is 17.0 Å². The Bertz CT molecular complexity index is 1130. The lowest BCUT2D eigenvalue weighted by Gasteiger charge is -2.26. The third kappa shape index (κ3) is 3.04. The van der Waals surface area contributed by atoms with E-state index in [-0.39, 0.29) is 5.56 Å². The van der Waals surface area contributed by atoms with Gasteiger partial charge < -0.3 is 4.98 Å². The Balaban J connectivity index is 1.40. The maximum atomic E-state index is 12.7. The zero-order valence-electron chi connectivity index (χ0n) is 14.8. The van der Waals surface area contributed by atoms with Crippen LogP contribution >= 0.6 is 0 Å². The zero-order chi connectivity index (χ0) is 18.2. The van der Waals surface area contributed by atoms with Crippen molar-refractivity contribution in [3.05, 3.63) is 88.1 Å². The second kappa shape index (κ2) is 6.48. The first-order chi connectivity index (χ1) is 13.3. The van der Waals surface area contributed by atoms with Gasteiger partial charge in [-0.15, -0.1) is 0 Å². The molecule has 1 aromatic carbocycles. The quantitative estimate of drug-likeness (QED) is 0.612. The van der Waals surface area contributed by atoms with Crippen molar-refractivity contribution < 1.29 is 0 Å². The normalized spacial score (nSPS) is 14.4. The molecule has 6 nitrogen and oxygen atoms in total. The number of aromatic nitrogens is 4. The molecule has 0 fully saturated rings. The monoisotopic (exact) mass is 357 g/mol. The SMILES string of the molecule is O=c1[nH]c(-c2ccccc2)nc2c1CN(Cc1cc3ccccn3n1)CC2. The molecule has 0 saturated heterocycles. The van der Waals surface area contributed by atoms with E-state index >= 15 is 0 Å². The molecule has 1 aliphatic heterocycles. The van der Waals surface area contributed by atoms with Gasteiger partial charge in [-0.1, -0.05) is 36.4 Å². The lowest BCUT2D eigenvalue weighted by Crippen LogP contribution is -2.35. The second-order valence-corrected chi connectivity index (χ2v) is 6.87. The van der Waals surface area contributed by atoms with Gasteiger partial charge in [0.1, 0.15) is 5.82 Å². The van der Waals surface area contributed by atoms with Gasteiger partial charge in [-0.25, -0.2) is 9.50 Å². The largest absolute Gasteiger partial charge is 0.306 e. The molecule has 0 aliphatic carbocycles. The van der Waals surface area contributed by atoms with Gasteiger partial charge in [0.2, 0.25) is 0 Å². The molecule has 0 radical (unpaired) electrons. The lowest BCUT2D eigenvalue weighted by atomic mass is 10.1. The first kappa shape index (κ1) is 16.0. The average molecular weight is 357 g/mol. The highest BCUT2D eigenvalue weighted by Crippen LogP contribution is 2.20. The summed E-state index contributed by atoms with van der Waals surface area (Å²) in [6.07, 6.45) is 2.72. The highest BCUT2D eigenvalue weighted by molar-refractivity contribution is 5.54. The first-order valence-corrected chi connectivity index (χ1v) is 9.09. The second-order valence-electron chi connectivity index (χ2n) is 6.87. The molecule has 0 amide bonds. The smallest absolute Gasteiger partial charge is 0.255 e. The number of rotatable bonds is 3. The van der Waals surface area contributed by atoms with E-state index in [9.17, 15) is 4.79 Å². The summed E-state index contributed by atoms with van der Waals surface area (Å²) >= 11 is 0. The highest BCUT2D eigenvalue weighted by Gasteiger charge is 2.22. The van der Waals surface area contributed by atoms with Gasteiger partial charge in [0, 0.05) is 37.8 Å². The number of nitrogens with one attached hydrogen (secondary N) is 1. The van der Waals surface area contributed by atoms with Gasteiger partial charge in [-0.3, -0.25) is 9.69 Å². The molecule has 5 rings (SSSR count). The van der Waals surface area contributed by atoms with Crippen LogP contribution < -0.4 is 5.56 Å². The summed E-state index contributed by atoms with van der Waals surface area (Å²) in [5, 5.41) is 4.61. The van der Waals surface area contributed by atoms with Gasteiger partial charge in [-0.2, -0.15) is 5.10 Å². The molecule has 1 aliphatic rings. The van der Waals surface area contributed by atoms with Gasteiger partial charge >= 0.3 is 0 Å². The molecule has 27 heavy (non-hydrogen) atoms. The minimum absolute atomic E-state index is 0.0430. The summed E-state index contributed by atoms with van der Waals surface area (Å²) in [4.78, 5) is 22.6. The maximum absolute atomic E-state index is 12.7. The van der Waals surface area contributed by atoms with Gasteiger partial charge in [0.05, 0.1) is 22.5 Å². The Morgan fingerprint density at radius 1 is 1.07 bits per heavy atom. The van der Waals surface area contributed by atoms with Crippen molar-refractivity contribution in [2.24, 2.45) is 0 Å². The van der Waals surface area contributed by atoms with Crippen LogP contribution in [-0.2, 0) is 19.5 Å². The molecule has 4 heterocycles. The van der Waals surface area contributed by atoms with E-state index in [1.807, 2.05) is 59.2 Å². The van der Waals surface area contributed by atoms with Crippen LogP contribution in [-0.4, -0.2) is 31.0 Å². The van der Waals surface area contributed by atoms with E-state index in [4.69, 9.17) is 4.98 Å². The van der Waals surface area contributed by atoms with E-state index in [1.165, 1.54) is 0 Å². The summed E-state index contributed by atoms with van der Waals surface area (Å²) in [5.41, 5.74) is 4.66. The molecule has 1 N–H and O–H groups in total. The van der Waals surface area contributed by atoms with Crippen LogP contribution in [0, 0.1) is 0 Å². The predicted molar refractivity (Wildman–Crippen MR) is 103 cm³/mol. The number of hydrogen-bond donors (Lipinski definition) is 1. The molecule has 0 unspecified atom stereocenters. The van der Waals surface area contributed by atoms with E-state index < -0.39 is 0 Å². The van der Waals surface area contributed by atoms with Crippen molar-refractivity contribution in [2.45, 2.75) is 19.5 Å². The molecular weight excluding hydrogens is 338 g/mol. The number of pyridine rings is 1. The van der Waals surface area contributed by atoms with Gasteiger partial charge in [-0.05, 0) is 18.2 Å². The van der Waals surface area contributed by atoms with Gasteiger partial charge in [0.25, 0.3) is 5.56 Å². The topological polar surface area (TPSA) is 66.3 Å². The van der Waals surface area contributed by atoms with Crippen LogP contribution in [0.25, 0.3) is 16.9 Å². The summed E-state index contributed by atoms with van der Waals surface area (Å²) in [6, 6.07) is 17.9. The number of benzene rings is 1. The van der Waals surface area contributed by atoms with Crippen LogP contribution in [0.4, 0.5) is 0 Å². The Labute approximate surface area is 156 Å². The molecule has 0 bridgehead atoms. The van der Waals surface area contributed by atoms with Crippen molar-refractivity contribution in [3.8, 4) is 11.4 Å². The molecule has 134 valence electrons. The van der Waals surface area contributed by atoms with E-state index in [1.54, 1.807) is 0 Å². The van der Waals surface area contributed by atoms with E-state index in [0.717, 1.165) is 47.5 Å². The molecule has 3 aromatic heterocycles. The van der Waals surface area contributed by atoms with Gasteiger partial charge in [0.15, 0.2) is 0 Å². The molecule has 0 atom stereocenters. The van der Waals surface area contributed by atoms with E-state index in [0.29, 0.717) is 12.4 Å². The minimum Gasteiger partial charge on any atom is -0.306 e. The summed E-state index contributed by atoms with van der Waals surface area (Å²) in [5.74, 6) is 0.646. The van der Waals surface area contributed by atoms with Crippen LogP contribution in [0.15, 0.2) is 65.6 Å². The Morgan fingerprint density at radius 3 is 2.78 bits per heavy atom. The molecule has 0 spiro atoms. The third-order valence-electron chi connectivity index (χ3n) is 5.00. The molecule has 0 saturated carbocycles. The van der Waals surface area contributed by atoms with Crippen molar-refractivity contribution in [3.63, 3.8) is 0 Å². The fraction of sp³-hybridized carbons (Fsp3) is 0.190. The Hall–Kier alpha value is -3.25. The number of nitrogens with zero attached hydrogens (tertiary/aromatic N) is 4. The highest BCUT2D eigenvalue weighted by atomic mass is 16.1. The summed E-state index contributed by atoms with van der Waals surface area (Å²) in [7, 11) is 0. The zero-order valence-corrected chi connectivity index (χ0v) is 14.8.